The third-order valence-corrected chi connectivity index (χ3v) is 4.85. The molecule has 0 unspecified atom stereocenters. The van der Waals surface area contributed by atoms with Gasteiger partial charge >= 0.3 is 5.97 Å². The van der Waals surface area contributed by atoms with Gasteiger partial charge in [0.25, 0.3) is 5.69 Å². The molecule has 1 fully saturated rings. The van der Waals surface area contributed by atoms with Crippen molar-refractivity contribution in [3.8, 4) is 0 Å². The summed E-state index contributed by atoms with van der Waals surface area (Å²) >= 11 is 0. The minimum atomic E-state index is -1.06. The van der Waals surface area contributed by atoms with Gasteiger partial charge in [0.2, 0.25) is 0 Å². The number of nitro groups is 1. The van der Waals surface area contributed by atoms with Crippen LogP contribution in [-0.4, -0.2) is 28.6 Å². The van der Waals surface area contributed by atoms with Crippen LogP contribution in [0.1, 0.15) is 58.4 Å². The van der Waals surface area contributed by atoms with Crippen LogP contribution in [0.2, 0.25) is 0 Å². The second-order valence-corrected chi connectivity index (χ2v) is 7.46. The number of nitro benzene ring substituents is 1. The zero-order valence-corrected chi connectivity index (χ0v) is 15.8. The lowest BCUT2D eigenvalue weighted by atomic mass is 9.92. The number of allylic oxidation sites excluding steroid dienone is 1. The van der Waals surface area contributed by atoms with Crippen LogP contribution < -0.4 is 4.90 Å². The number of hydrogen-bond acceptors (Lipinski definition) is 4. The Kier molecular flexibility index (Phi) is 6.77. The molecule has 1 saturated carbocycles. The van der Waals surface area contributed by atoms with E-state index in [4.69, 9.17) is 5.11 Å². The first-order valence-electron chi connectivity index (χ1n) is 9.26. The van der Waals surface area contributed by atoms with E-state index in [1.165, 1.54) is 12.5 Å². The number of carbonyl (C=O) groups is 1. The van der Waals surface area contributed by atoms with Crippen LogP contribution >= 0.6 is 0 Å². The smallest absolute Gasteiger partial charge is 0.328 e. The van der Waals surface area contributed by atoms with Gasteiger partial charge in [0.1, 0.15) is 5.69 Å². The molecule has 6 heteroatoms. The highest BCUT2D eigenvalue weighted by atomic mass is 16.6. The third-order valence-electron chi connectivity index (χ3n) is 4.85. The zero-order valence-electron chi connectivity index (χ0n) is 15.8. The van der Waals surface area contributed by atoms with Crippen LogP contribution in [0.5, 0.6) is 0 Å². The molecule has 0 radical (unpaired) electrons. The minimum absolute atomic E-state index is 0.0480. The van der Waals surface area contributed by atoms with Gasteiger partial charge in [-0.2, -0.15) is 0 Å². The van der Waals surface area contributed by atoms with Crippen LogP contribution in [0.15, 0.2) is 24.3 Å². The molecule has 142 valence electrons. The number of hydrogen-bond donors (Lipinski definition) is 1. The van der Waals surface area contributed by atoms with Crippen molar-refractivity contribution in [2.24, 2.45) is 5.92 Å². The average Bonchev–Trinajstić information content (AvgIpc) is 2.59. The fourth-order valence-corrected chi connectivity index (χ4v) is 3.66. The highest BCUT2D eigenvalue weighted by Crippen LogP contribution is 2.36. The van der Waals surface area contributed by atoms with Crippen LogP contribution in [0.25, 0.3) is 5.57 Å². The number of aliphatic carboxylic acids is 1. The normalized spacial score (nSPS) is 15.9. The van der Waals surface area contributed by atoms with Crippen molar-refractivity contribution in [1.82, 2.24) is 0 Å². The molecule has 26 heavy (non-hydrogen) atoms. The van der Waals surface area contributed by atoms with E-state index in [-0.39, 0.29) is 10.6 Å². The van der Waals surface area contributed by atoms with E-state index in [2.05, 4.69) is 18.7 Å². The van der Waals surface area contributed by atoms with E-state index >= 15 is 0 Å². The van der Waals surface area contributed by atoms with Crippen LogP contribution in [0, 0.1) is 16.0 Å². The summed E-state index contributed by atoms with van der Waals surface area (Å²) in [5.41, 5.74) is 1.76. The monoisotopic (exact) mass is 360 g/mol. The Hall–Kier alpha value is -2.37. The summed E-state index contributed by atoms with van der Waals surface area (Å²) in [6.45, 7) is 6.67. The Bertz CT molecular complexity index is 691. The molecule has 0 bridgehead atoms. The summed E-state index contributed by atoms with van der Waals surface area (Å²) in [6.07, 6.45) is 6.74. The molecule has 0 spiro atoms. The number of carboxylic acid groups (broad SMARTS) is 1. The second kappa shape index (κ2) is 8.83. The summed E-state index contributed by atoms with van der Waals surface area (Å²) in [5.74, 6) is -0.664. The summed E-state index contributed by atoms with van der Waals surface area (Å²) in [5, 5.41) is 20.7. The van der Waals surface area contributed by atoms with Gasteiger partial charge < -0.3 is 10.0 Å². The largest absolute Gasteiger partial charge is 0.478 e. The van der Waals surface area contributed by atoms with Crippen molar-refractivity contribution < 1.29 is 14.8 Å². The van der Waals surface area contributed by atoms with Crippen LogP contribution in [0.4, 0.5) is 11.4 Å². The van der Waals surface area contributed by atoms with Gasteiger partial charge in [0.15, 0.2) is 0 Å². The van der Waals surface area contributed by atoms with Gasteiger partial charge in [-0.15, -0.1) is 0 Å². The molecule has 0 aromatic heterocycles. The highest BCUT2D eigenvalue weighted by Gasteiger charge is 2.28. The van der Waals surface area contributed by atoms with E-state index < -0.39 is 5.97 Å². The maximum Gasteiger partial charge on any atom is 0.328 e. The lowest BCUT2D eigenvalue weighted by Crippen LogP contribution is -2.39. The molecule has 2 rings (SSSR count). The highest BCUT2D eigenvalue weighted by molar-refractivity contribution is 5.90. The topological polar surface area (TPSA) is 83.7 Å². The van der Waals surface area contributed by atoms with Crippen molar-refractivity contribution in [2.45, 2.75) is 58.9 Å². The van der Waals surface area contributed by atoms with E-state index in [1.807, 2.05) is 0 Å². The molecule has 1 N–H and O–H groups in total. The van der Waals surface area contributed by atoms with Gasteiger partial charge in [0.05, 0.1) is 4.92 Å². The number of nitrogens with zero attached hydrogens (tertiary/aromatic N) is 2. The summed E-state index contributed by atoms with van der Waals surface area (Å²) in [7, 11) is 0. The Morgan fingerprint density at radius 1 is 1.35 bits per heavy atom. The summed E-state index contributed by atoms with van der Waals surface area (Å²) in [6, 6.07) is 5.39. The Labute approximate surface area is 154 Å². The maximum atomic E-state index is 11.7. The molecule has 1 aliphatic carbocycles. The fourth-order valence-electron chi connectivity index (χ4n) is 3.66. The SMILES string of the molecule is C/C(=C\C(=O)O)c1ccc(N(CC(C)C)C2CCCCC2)c([N+](=O)[O-])c1. The Morgan fingerprint density at radius 2 is 2.00 bits per heavy atom. The van der Waals surface area contributed by atoms with Gasteiger partial charge in [-0.1, -0.05) is 39.2 Å². The predicted molar refractivity (Wildman–Crippen MR) is 103 cm³/mol. The average molecular weight is 360 g/mol. The maximum absolute atomic E-state index is 11.7. The molecule has 0 amide bonds. The first kappa shape index (κ1) is 19.9. The lowest BCUT2D eigenvalue weighted by molar-refractivity contribution is -0.384. The van der Waals surface area contributed by atoms with E-state index in [9.17, 15) is 14.9 Å². The molecule has 1 aromatic rings. The quantitative estimate of drug-likeness (QED) is 0.426. The van der Waals surface area contributed by atoms with E-state index in [0.29, 0.717) is 28.8 Å². The first-order chi connectivity index (χ1) is 12.3. The first-order valence-corrected chi connectivity index (χ1v) is 9.26. The van der Waals surface area contributed by atoms with Crippen molar-refractivity contribution >= 4 is 22.9 Å². The molecule has 1 aliphatic rings. The third kappa shape index (κ3) is 5.07. The Morgan fingerprint density at radius 3 is 2.54 bits per heavy atom. The van der Waals surface area contributed by atoms with Crippen LogP contribution in [-0.2, 0) is 4.79 Å². The second-order valence-electron chi connectivity index (χ2n) is 7.46. The number of carboxylic acids is 1. The number of anilines is 1. The van der Waals surface area contributed by atoms with Gasteiger partial charge in [-0.05, 0) is 42.9 Å². The summed E-state index contributed by atoms with van der Waals surface area (Å²) < 4.78 is 0. The van der Waals surface area contributed by atoms with Gasteiger partial charge in [-0.3, -0.25) is 10.1 Å². The molecular weight excluding hydrogens is 332 g/mol. The van der Waals surface area contributed by atoms with Crippen molar-refractivity contribution in [3.63, 3.8) is 0 Å². The molecular formula is C20H28N2O4. The summed E-state index contributed by atoms with van der Waals surface area (Å²) in [4.78, 5) is 24.5. The molecule has 0 heterocycles. The molecule has 0 atom stereocenters. The number of rotatable bonds is 7. The fraction of sp³-hybridized carbons (Fsp3) is 0.550. The predicted octanol–water partition coefficient (Wildman–Crippen LogP) is 4.88. The van der Waals surface area contributed by atoms with Crippen LogP contribution in [0.3, 0.4) is 0 Å². The lowest BCUT2D eigenvalue weighted by Gasteiger charge is -2.37. The van der Waals surface area contributed by atoms with Crippen molar-refractivity contribution in [1.29, 1.82) is 0 Å². The van der Waals surface area contributed by atoms with E-state index in [0.717, 1.165) is 38.3 Å². The molecule has 0 saturated heterocycles. The van der Waals surface area contributed by atoms with Gasteiger partial charge in [-0.25, -0.2) is 4.79 Å². The van der Waals surface area contributed by atoms with Gasteiger partial charge in [0, 0.05) is 24.7 Å². The van der Waals surface area contributed by atoms with E-state index in [1.54, 1.807) is 19.1 Å². The molecule has 0 aliphatic heterocycles. The molecule has 1 aromatic carbocycles. The van der Waals surface area contributed by atoms with Crippen molar-refractivity contribution in [2.75, 3.05) is 11.4 Å². The van der Waals surface area contributed by atoms with Crippen molar-refractivity contribution in [3.05, 3.63) is 40.0 Å². The number of benzene rings is 1. The standard InChI is InChI=1S/C20H28N2O4/c1-14(2)13-21(17-7-5-4-6-8-17)18-10-9-16(12-19(18)22(25)26)15(3)11-20(23)24/h9-12,14,17H,4-8,13H2,1-3H3,(H,23,24)/b15-11+. The Balaban J connectivity index is 2.46. The minimum Gasteiger partial charge on any atom is -0.478 e. The molecule has 6 nitrogen and oxygen atoms in total. The zero-order chi connectivity index (χ0) is 19.3.